The maximum absolute atomic E-state index is 13.6. The van der Waals surface area contributed by atoms with E-state index in [2.05, 4.69) is 4.74 Å². The highest BCUT2D eigenvalue weighted by molar-refractivity contribution is 5.36. The molecule has 2 aromatic rings. The summed E-state index contributed by atoms with van der Waals surface area (Å²) in [6.45, 7) is -1.17. The Morgan fingerprint density at radius 1 is 1.00 bits per heavy atom. The van der Waals surface area contributed by atoms with E-state index in [1.165, 1.54) is 12.1 Å². The summed E-state index contributed by atoms with van der Waals surface area (Å²) in [6, 6.07) is 5.36. The van der Waals surface area contributed by atoms with Gasteiger partial charge in [-0.1, -0.05) is 6.07 Å². The van der Waals surface area contributed by atoms with Crippen molar-refractivity contribution in [2.45, 2.75) is 6.04 Å². The summed E-state index contributed by atoms with van der Waals surface area (Å²) in [6.07, 6.45) is 0. The van der Waals surface area contributed by atoms with E-state index in [4.69, 9.17) is 5.73 Å². The lowest BCUT2D eigenvalue weighted by atomic mass is 9.99. The van der Waals surface area contributed by atoms with E-state index in [1.807, 2.05) is 0 Å². The molecule has 0 spiro atoms. The van der Waals surface area contributed by atoms with Crippen LogP contribution in [-0.2, 0) is 0 Å². The molecule has 6 heteroatoms. The molecule has 0 amide bonds. The van der Waals surface area contributed by atoms with Crippen LogP contribution >= 0.6 is 0 Å². The minimum Gasteiger partial charge on any atom is -0.460 e. The molecule has 0 fully saturated rings. The third-order valence-electron chi connectivity index (χ3n) is 2.82. The Balaban J connectivity index is 2.35. The third kappa shape index (κ3) is 2.91. The smallest absolute Gasteiger partial charge is 0.228 e. The van der Waals surface area contributed by atoms with Gasteiger partial charge in [0.25, 0.3) is 0 Å². The summed E-state index contributed by atoms with van der Waals surface area (Å²) >= 11 is 0. The summed E-state index contributed by atoms with van der Waals surface area (Å²) in [4.78, 5) is 0. The van der Waals surface area contributed by atoms with Gasteiger partial charge in [0.1, 0.15) is 11.6 Å². The molecular weight excluding hydrogens is 274 g/mol. The predicted octanol–water partition coefficient (Wildman–Crippen LogP) is 3.46. The molecule has 20 heavy (non-hydrogen) atoms. The first kappa shape index (κ1) is 14.3. The Hall–Kier alpha value is -2.08. The monoisotopic (exact) mass is 285 g/mol. The predicted molar refractivity (Wildman–Crippen MR) is 65.4 cm³/mol. The van der Waals surface area contributed by atoms with Crippen molar-refractivity contribution in [2.75, 3.05) is 6.86 Å². The van der Waals surface area contributed by atoms with Gasteiger partial charge in [-0.2, -0.15) is 0 Å². The highest BCUT2D eigenvalue weighted by Crippen LogP contribution is 2.26. The van der Waals surface area contributed by atoms with Crippen molar-refractivity contribution in [3.05, 3.63) is 65.0 Å². The van der Waals surface area contributed by atoms with Crippen LogP contribution in [0.15, 0.2) is 36.4 Å². The molecule has 0 saturated heterocycles. The molecule has 0 aliphatic rings. The van der Waals surface area contributed by atoms with E-state index in [0.717, 1.165) is 24.3 Å². The summed E-state index contributed by atoms with van der Waals surface area (Å²) in [7, 11) is 0. The van der Waals surface area contributed by atoms with Crippen LogP contribution in [0.3, 0.4) is 0 Å². The largest absolute Gasteiger partial charge is 0.460 e. The zero-order valence-electron chi connectivity index (χ0n) is 10.2. The van der Waals surface area contributed by atoms with Crippen LogP contribution in [-0.4, -0.2) is 6.86 Å². The van der Waals surface area contributed by atoms with Crippen LogP contribution in [0.2, 0.25) is 0 Å². The van der Waals surface area contributed by atoms with Gasteiger partial charge in [-0.15, -0.1) is 0 Å². The number of alkyl halides is 1. The van der Waals surface area contributed by atoms with E-state index in [0.29, 0.717) is 0 Å². The molecule has 0 heterocycles. The molecule has 0 aromatic heterocycles. The number of benzene rings is 2. The second-order valence-corrected chi connectivity index (χ2v) is 4.09. The molecule has 106 valence electrons. The van der Waals surface area contributed by atoms with Crippen LogP contribution in [0, 0.1) is 17.5 Å². The Kier molecular flexibility index (Phi) is 4.24. The molecule has 0 radical (unpaired) electrons. The zero-order chi connectivity index (χ0) is 14.7. The van der Waals surface area contributed by atoms with Crippen molar-refractivity contribution in [2.24, 2.45) is 5.73 Å². The van der Waals surface area contributed by atoms with Crippen molar-refractivity contribution in [1.29, 1.82) is 0 Å². The third-order valence-corrected chi connectivity index (χ3v) is 2.82. The average molecular weight is 285 g/mol. The van der Waals surface area contributed by atoms with Gasteiger partial charge in [0.15, 0.2) is 11.6 Å². The molecule has 1 atom stereocenters. The molecule has 0 aliphatic carbocycles. The quantitative estimate of drug-likeness (QED) is 0.873. The average Bonchev–Trinajstić information content (AvgIpc) is 2.43. The Morgan fingerprint density at radius 3 is 2.40 bits per heavy atom. The van der Waals surface area contributed by atoms with Gasteiger partial charge in [0.05, 0.1) is 6.04 Å². The number of hydrogen-bond acceptors (Lipinski definition) is 2. The Morgan fingerprint density at radius 2 is 1.75 bits per heavy atom. The summed E-state index contributed by atoms with van der Waals surface area (Å²) in [5, 5.41) is 0. The van der Waals surface area contributed by atoms with Gasteiger partial charge in [0, 0.05) is 5.56 Å². The summed E-state index contributed by atoms with van der Waals surface area (Å²) in [5.74, 6) is -2.44. The van der Waals surface area contributed by atoms with Crippen molar-refractivity contribution < 1.29 is 22.3 Å². The van der Waals surface area contributed by atoms with E-state index >= 15 is 0 Å². The molecule has 2 nitrogen and oxygen atoms in total. The first-order valence-electron chi connectivity index (χ1n) is 5.71. The second-order valence-electron chi connectivity index (χ2n) is 4.09. The fourth-order valence-corrected chi connectivity index (χ4v) is 1.82. The van der Waals surface area contributed by atoms with Gasteiger partial charge in [-0.3, -0.25) is 0 Å². The number of rotatable bonds is 4. The SMILES string of the molecule is NC(c1ccc(OCF)c(F)c1)c1cc(F)ccc1F. The summed E-state index contributed by atoms with van der Waals surface area (Å²) in [5.41, 5.74) is 5.92. The maximum atomic E-state index is 13.6. The number of halogens is 4. The molecular formula is C14H11F4NO. The molecule has 0 saturated carbocycles. The Labute approximate surface area is 112 Å². The zero-order valence-corrected chi connectivity index (χ0v) is 10.2. The van der Waals surface area contributed by atoms with Gasteiger partial charge >= 0.3 is 0 Å². The van der Waals surface area contributed by atoms with Crippen LogP contribution in [0.1, 0.15) is 17.2 Å². The van der Waals surface area contributed by atoms with Crippen LogP contribution < -0.4 is 10.5 Å². The van der Waals surface area contributed by atoms with E-state index < -0.39 is 30.4 Å². The van der Waals surface area contributed by atoms with E-state index in [1.54, 1.807) is 0 Å². The van der Waals surface area contributed by atoms with Crippen molar-refractivity contribution in [3.63, 3.8) is 0 Å². The van der Waals surface area contributed by atoms with Gasteiger partial charge in [-0.05, 0) is 35.9 Å². The molecule has 2 N–H and O–H groups in total. The van der Waals surface area contributed by atoms with E-state index in [-0.39, 0.29) is 16.9 Å². The molecule has 2 rings (SSSR count). The maximum Gasteiger partial charge on any atom is 0.228 e. The van der Waals surface area contributed by atoms with Crippen LogP contribution in [0.25, 0.3) is 0 Å². The number of nitrogens with two attached hydrogens (primary N) is 1. The summed E-state index contributed by atoms with van der Waals surface area (Å²) < 4.78 is 56.7. The molecule has 0 aliphatic heterocycles. The van der Waals surface area contributed by atoms with Crippen LogP contribution in [0.5, 0.6) is 5.75 Å². The minimum absolute atomic E-state index is 0.0939. The topological polar surface area (TPSA) is 35.2 Å². The van der Waals surface area contributed by atoms with Crippen LogP contribution in [0.4, 0.5) is 17.6 Å². The Bertz CT molecular complexity index is 618. The highest BCUT2D eigenvalue weighted by Gasteiger charge is 2.16. The van der Waals surface area contributed by atoms with Gasteiger partial charge < -0.3 is 10.5 Å². The van der Waals surface area contributed by atoms with Gasteiger partial charge in [0.2, 0.25) is 6.86 Å². The second kappa shape index (κ2) is 5.92. The number of ether oxygens (including phenoxy) is 1. The van der Waals surface area contributed by atoms with Crippen molar-refractivity contribution >= 4 is 0 Å². The standard InChI is InChI=1S/C14H11F4NO/c15-7-20-13-4-1-8(5-12(13)18)14(19)10-6-9(16)2-3-11(10)17/h1-6,14H,7,19H2. The van der Waals surface area contributed by atoms with E-state index in [9.17, 15) is 17.6 Å². The normalized spacial score (nSPS) is 12.2. The lowest BCUT2D eigenvalue weighted by molar-refractivity contribution is 0.184. The first-order valence-corrected chi connectivity index (χ1v) is 5.71. The lowest BCUT2D eigenvalue weighted by Crippen LogP contribution is -2.14. The first-order chi connectivity index (χ1) is 9.52. The fraction of sp³-hybridized carbons (Fsp3) is 0.143. The highest BCUT2D eigenvalue weighted by atomic mass is 19.1. The molecule has 2 aromatic carbocycles. The lowest BCUT2D eigenvalue weighted by Gasteiger charge is -2.14. The molecule has 0 bridgehead atoms. The van der Waals surface area contributed by atoms with Crippen molar-refractivity contribution in [3.8, 4) is 5.75 Å². The minimum atomic E-state index is -1.17. The fourth-order valence-electron chi connectivity index (χ4n) is 1.82. The van der Waals surface area contributed by atoms with Crippen molar-refractivity contribution in [1.82, 2.24) is 0 Å². The number of hydrogen-bond donors (Lipinski definition) is 1. The van der Waals surface area contributed by atoms with Gasteiger partial charge in [-0.25, -0.2) is 17.6 Å². The molecule has 1 unspecified atom stereocenters.